The van der Waals surface area contributed by atoms with Crippen molar-refractivity contribution in [2.24, 2.45) is 4.99 Å². The normalized spacial score (nSPS) is 29.7. The van der Waals surface area contributed by atoms with Gasteiger partial charge in [0.1, 0.15) is 5.76 Å². The molecule has 82 valence electrons. The summed E-state index contributed by atoms with van der Waals surface area (Å²) in [6.07, 6.45) is 11.1. The van der Waals surface area contributed by atoms with Crippen molar-refractivity contribution in [3.63, 3.8) is 0 Å². The Bertz CT molecular complexity index is 310. The lowest BCUT2D eigenvalue weighted by molar-refractivity contribution is 0.225. The van der Waals surface area contributed by atoms with E-state index >= 15 is 0 Å². The van der Waals surface area contributed by atoms with Gasteiger partial charge in [-0.2, -0.15) is 0 Å². The summed E-state index contributed by atoms with van der Waals surface area (Å²) >= 11 is 0. The number of hydrogen-bond acceptors (Lipinski definition) is 2. The number of ether oxygens (including phenoxy) is 1. The molecule has 0 N–H and O–H groups in total. The van der Waals surface area contributed by atoms with Crippen LogP contribution in [-0.2, 0) is 4.74 Å². The van der Waals surface area contributed by atoms with Crippen molar-refractivity contribution in [3.8, 4) is 0 Å². The Hall–Kier alpha value is -1.31. The molecule has 0 fully saturated rings. The van der Waals surface area contributed by atoms with Gasteiger partial charge in [0.2, 0.25) is 0 Å². The summed E-state index contributed by atoms with van der Waals surface area (Å²) in [5.74, 6) is 0.984. The molecule has 1 aliphatic heterocycles. The second kappa shape index (κ2) is 6.23. The molecule has 0 aromatic carbocycles. The first-order valence-electron chi connectivity index (χ1n) is 5.43. The standard InChI is InChI=1S/C13H19NO/c1-4-15-13-9-7-5-6-8-11(2)14-12(3)10-13/h5-8,10-11H,4,9H2,1-3H3/b7-5-,8-6-,13-10+,14-12?. The average Bonchev–Trinajstić information content (AvgIpc) is 2.16. The Morgan fingerprint density at radius 3 is 3.00 bits per heavy atom. The number of rotatable bonds is 2. The lowest BCUT2D eigenvalue weighted by Gasteiger charge is -2.08. The highest BCUT2D eigenvalue weighted by Crippen LogP contribution is 2.08. The molecule has 2 nitrogen and oxygen atoms in total. The molecule has 1 rings (SSSR count). The van der Waals surface area contributed by atoms with E-state index in [2.05, 4.69) is 24.1 Å². The zero-order valence-electron chi connectivity index (χ0n) is 9.73. The van der Waals surface area contributed by atoms with Crippen LogP contribution in [0.2, 0.25) is 0 Å². The fourth-order valence-electron chi connectivity index (χ4n) is 1.47. The Morgan fingerprint density at radius 1 is 1.47 bits per heavy atom. The average molecular weight is 205 g/mol. The maximum atomic E-state index is 5.53. The zero-order valence-corrected chi connectivity index (χ0v) is 9.73. The number of hydrogen-bond donors (Lipinski definition) is 0. The van der Waals surface area contributed by atoms with Crippen LogP contribution in [0.15, 0.2) is 41.1 Å². The number of aliphatic imine (C=N–C) groups is 1. The van der Waals surface area contributed by atoms with E-state index in [1.165, 1.54) is 0 Å². The number of allylic oxidation sites excluding steroid dienone is 4. The van der Waals surface area contributed by atoms with Crippen LogP contribution >= 0.6 is 0 Å². The van der Waals surface area contributed by atoms with E-state index in [1.807, 2.05) is 32.1 Å². The van der Waals surface area contributed by atoms with Crippen LogP contribution in [0.5, 0.6) is 0 Å². The van der Waals surface area contributed by atoms with E-state index in [0.717, 1.165) is 17.9 Å². The third-order valence-corrected chi connectivity index (χ3v) is 2.06. The second-order valence-electron chi connectivity index (χ2n) is 3.57. The van der Waals surface area contributed by atoms with Crippen molar-refractivity contribution >= 4 is 5.71 Å². The second-order valence-corrected chi connectivity index (χ2v) is 3.57. The van der Waals surface area contributed by atoms with Gasteiger partial charge in [-0.3, -0.25) is 4.99 Å². The van der Waals surface area contributed by atoms with Gasteiger partial charge in [0.25, 0.3) is 0 Å². The molecule has 0 aromatic heterocycles. The molecule has 1 atom stereocenters. The van der Waals surface area contributed by atoms with E-state index < -0.39 is 0 Å². The molecule has 0 saturated heterocycles. The lowest BCUT2D eigenvalue weighted by atomic mass is 10.2. The smallest absolute Gasteiger partial charge is 0.101 e. The van der Waals surface area contributed by atoms with Gasteiger partial charge in [-0.05, 0) is 26.8 Å². The molecule has 0 amide bonds. The third kappa shape index (κ3) is 4.63. The summed E-state index contributed by atoms with van der Waals surface area (Å²) in [7, 11) is 0. The molecule has 0 aromatic rings. The van der Waals surface area contributed by atoms with Crippen molar-refractivity contribution in [2.75, 3.05) is 6.61 Å². The Labute approximate surface area is 92.1 Å². The van der Waals surface area contributed by atoms with E-state index in [0.29, 0.717) is 6.61 Å². The zero-order chi connectivity index (χ0) is 11.1. The van der Waals surface area contributed by atoms with E-state index in [4.69, 9.17) is 4.74 Å². The minimum absolute atomic E-state index is 0.229. The maximum absolute atomic E-state index is 5.53. The summed E-state index contributed by atoms with van der Waals surface area (Å²) in [6, 6.07) is 0.229. The Kier molecular flexibility index (Phi) is 4.88. The van der Waals surface area contributed by atoms with Crippen LogP contribution < -0.4 is 0 Å². The fraction of sp³-hybridized carbons (Fsp3) is 0.462. The largest absolute Gasteiger partial charge is 0.498 e. The topological polar surface area (TPSA) is 21.6 Å². The summed E-state index contributed by atoms with van der Waals surface area (Å²) in [4.78, 5) is 4.51. The fourth-order valence-corrected chi connectivity index (χ4v) is 1.47. The van der Waals surface area contributed by atoms with E-state index in [9.17, 15) is 0 Å². The quantitative estimate of drug-likeness (QED) is 0.678. The summed E-state index contributed by atoms with van der Waals surface area (Å²) < 4.78 is 5.53. The van der Waals surface area contributed by atoms with Gasteiger partial charge in [-0.1, -0.05) is 24.3 Å². The van der Waals surface area contributed by atoms with Crippen molar-refractivity contribution < 1.29 is 4.74 Å². The monoisotopic (exact) mass is 205 g/mol. The van der Waals surface area contributed by atoms with E-state index in [1.54, 1.807) is 0 Å². The van der Waals surface area contributed by atoms with Gasteiger partial charge in [0.05, 0.1) is 12.6 Å². The van der Waals surface area contributed by atoms with Crippen LogP contribution in [0.1, 0.15) is 27.2 Å². The number of nitrogens with zero attached hydrogens (tertiary/aromatic N) is 1. The SMILES string of the molecule is CCO/C1=C/C(C)=NC(C)/C=C\C=C/C1. The van der Waals surface area contributed by atoms with Crippen LogP contribution in [0.25, 0.3) is 0 Å². The molecular formula is C13H19NO. The molecule has 0 spiro atoms. The molecule has 0 radical (unpaired) electrons. The highest BCUT2D eigenvalue weighted by atomic mass is 16.5. The van der Waals surface area contributed by atoms with Gasteiger partial charge in [0.15, 0.2) is 0 Å². The Morgan fingerprint density at radius 2 is 2.27 bits per heavy atom. The molecule has 0 aliphatic carbocycles. The first-order chi connectivity index (χ1) is 7.22. The van der Waals surface area contributed by atoms with Crippen LogP contribution in [0.3, 0.4) is 0 Å². The summed E-state index contributed by atoms with van der Waals surface area (Å²) in [5, 5.41) is 0. The van der Waals surface area contributed by atoms with Crippen LogP contribution in [0.4, 0.5) is 0 Å². The van der Waals surface area contributed by atoms with Gasteiger partial charge >= 0.3 is 0 Å². The minimum Gasteiger partial charge on any atom is -0.498 e. The maximum Gasteiger partial charge on any atom is 0.101 e. The van der Waals surface area contributed by atoms with Crippen molar-refractivity contribution in [2.45, 2.75) is 33.2 Å². The molecule has 0 saturated carbocycles. The van der Waals surface area contributed by atoms with Gasteiger partial charge in [-0.15, -0.1) is 0 Å². The van der Waals surface area contributed by atoms with Crippen molar-refractivity contribution in [1.82, 2.24) is 0 Å². The Balaban J connectivity index is 2.84. The summed E-state index contributed by atoms with van der Waals surface area (Å²) in [6.45, 7) is 6.79. The first kappa shape index (κ1) is 11.8. The van der Waals surface area contributed by atoms with Crippen LogP contribution in [-0.4, -0.2) is 18.4 Å². The predicted octanol–water partition coefficient (Wildman–Crippen LogP) is 3.27. The predicted molar refractivity (Wildman–Crippen MR) is 65.2 cm³/mol. The molecular weight excluding hydrogens is 186 g/mol. The van der Waals surface area contributed by atoms with Gasteiger partial charge < -0.3 is 4.74 Å². The molecule has 2 heteroatoms. The van der Waals surface area contributed by atoms with Gasteiger partial charge in [0, 0.05) is 12.1 Å². The third-order valence-electron chi connectivity index (χ3n) is 2.06. The molecule has 1 unspecified atom stereocenters. The highest BCUT2D eigenvalue weighted by molar-refractivity contribution is 5.93. The molecule has 0 bridgehead atoms. The lowest BCUT2D eigenvalue weighted by Crippen LogP contribution is -2.00. The van der Waals surface area contributed by atoms with Gasteiger partial charge in [-0.25, -0.2) is 0 Å². The van der Waals surface area contributed by atoms with Crippen molar-refractivity contribution in [1.29, 1.82) is 0 Å². The highest BCUT2D eigenvalue weighted by Gasteiger charge is 1.99. The molecule has 1 heterocycles. The molecule has 15 heavy (non-hydrogen) atoms. The van der Waals surface area contributed by atoms with E-state index in [-0.39, 0.29) is 6.04 Å². The first-order valence-corrected chi connectivity index (χ1v) is 5.43. The summed E-state index contributed by atoms with van der Waals surface area (Å²) in [5.41, 5.74) is 1.02. The molecule has 1 aliphatic rings. The minimum atomic E-state index is 0.229. The van der Waals surface area contributed by atoms with Crippen molar-refractivity contribution in [3.05, 3.63) is 36.1 Å². The van der Waals surface area contributed by atoms with Crippen LogP contribution in [0, 0.1) is 0 Å².